The summed E-state index contributed by atoms with van der Waals surface area (Å²) in [5.74, 6) is -0.175. The average Bonchev–Trinajstić information content (AvgIpc) is 2.76. The summed E-state index contributed by atoms with van der Waals surface area (Å²) in [6, 6.07) is 5.31. The highest BCUT2D eigenvalue weighted by atomic mass is 16.2. The SMILES string of the molecule is CN1CCN(C(=O)CN2C(=O)C3CCCCN3c3ccc(C(=O)N(C)C)cc32)CC1. The molecule has 8 heteroatoms. The zero-order valence-electron chi connectivity index (χ0n) is 18.1. The van der Waals surface area contributed by atoms with E-state index >= 15 is 0 Å². The number of likely N-dealkylation sites (N-methyl/N-ethyl adjacent to an activating group) is 1. The van der Waals surface area contributed by atoms with E-state index in [0.717, 1.165) is 44.6 Å². The highest BCUT2D eigenvalue weighted by molar-refractivity contribution is 6.09. The van der Waals surface area contributed by atoms with E-state index < -0.39 is 0 Å². The molecular formula is C22H31N5O3. The first-order valence-electron chi connectivity index (χ1n) is 10.8. The van der Waals surface area contributed by atoms with Crippen LogP contribution in [0.15, 0.2) is 18.2 Å². The highest BCUT2D eigenvalue weighted by Crippen LogP contribution is 2.40. The molecule has 2 saturated heterocycles. The van der Waals surface area contributed by atoms with Crippen LogP contribution in [-0.2, 0) is 9.59 Å². The van der Waals surface area contributed by atoms with Crippen LogP contribution in [0.2, 0.25) is 0 Å². The molecule has 8 nitrogen and oxygen atoms in total. The molecule has 3 aliphatic heterocycles. The molecule has 1 atom stereocenters. The third kappa shape index (κ3) is 3.76. The number of carbonyl (C=O) groups excluding carboxylic acids is 3. The Bertz CT molecular complexity index is 847. The number of rotatable bonds is 3. The lowest BCUT2D eigenvalue weighted by atomic mass is 9.95. The van der Waals surface area contributed by atoms with Gasteiger partial charge in [-0.2, -0.15) is 0 Å². The fourth-order valence-electron chi connectivity index (χ4n) is 4.60. The van der Waals surface area contributed by atoms with Crippen LogP contribution in [0.4, 0.5) is 11.4 Å². The topological polar surface area (TPSA) is 67.4 Å². The molecule has 0 N–H and O–H groups in total. The van der Waals surface area contributed by atoms with Crippen LogP contribution in [0.1, 0.15) is 29.6 Å². The lowest BCUT2D eigenvalue weighted by molar-refractivity contribution is -0.133. The van der Waals surface area contributed by atoms with Gasteiger partial charge in [0, 0.05) is 52.4 Å². The van der Waals surface area contributed by atoms with Crippen LogP contribution >= 0.6 is 0 Å². The van der Waals surface area contributed by atoms with E-state index in [1.807, 2.05) is 24.1 Å². The van der Waals surface area contributed by atoms with Crippen LogP contribution in [0, 0.1) is 0 Å². The van der Waals surface area contributed by atoms with Crippen LogP contribution in [-0.4, -0.2) is 98.9 Å². The monoisotopic (exact) mass is 413 g/mol. The number of carbonyl (C=O) groups is 3. The fourth-order valence-corrected chi connectivity index (χ4v) is 4.60. The van der Waals surface area contributed by atoms with Gasteiger partial charge in [0.15, 0.2) is 0 Å². The number of hydrogen-bond acceptors (Lipinski definition) is 5. The first-order valence-corrected chi connectivity index (χ1v) is 10.8. The minimum atomic E-state index is -0.220. The maximum absolute atomic E-state index is 13.4. The van der Waals surface area contributed by atoms with Crippen molar-refractivity contribution in [3.63, 3.8) is 0 Å². The largest absolute Gasteiger partial charge is 0.358 e. The standard InChI is InChI=1S/C22H31N5O3/c1-23(2)21(29)16-7-8-17-19(14-16)27(22(30)18-6-4-5-9-26(17)18)15-20(28)25-12-10-24(3)11-13-25/h7-8,14,18H,4-6,9-13,15H2,1-3H3. The maximum atomic E-state index is 13.4. The minimum Gasteiger partial charge on any atom is -0.358 e. The third-order valence-corrected chi connectivity index (χ3v) is 6.43. The van der Waals surface area contributed by atoms with E-state index in [1.54, 1.807) is 25.1 Å². The molecule has 1 aromatic carbocycles. The number of fused-ring (bicyclic) bond motifs is 3. The number of hydrogen-bond donors (Lipinski definition) is 0. The van der Waals surface area contributed by atoms with Gasteiger partial charge < -0.3 is 19.6 Å². The van der Waals surface area contributed by atoms with Gasteiger partial charge >= 0.3 is 0 Å². The Hall–Kier alpha value is -2.61. The van der Waals surface area contributed by atoms with E-state index in [0.29, 0.717) is 24.3 Å². The Kier molecular flexibility index (Phi) is 5.69. The summed E-state index contributed by atoms with van der Waals surface area (Å²) in [5, 5.41) is 0. The van der Waals surface area contributed by atoms with Crippen molar-refractivity contribution in [2.75, 3.05) is 70.2 Å². The van der Waals surface area contributed by atoms with Gasteiger partial charge in [0.1, 0.15) is 12.6 Å². The van der Waals surface area contributed by atoms with Gasteiger partial charge in [0.05, 0.1) is 11.4 Å². The smallest absolute Gasteiger partial charge is 0.253 e. The molecule has 3 amide bonds. The molecule has 162 valence electrons. The molecule has 0 saturated carbocycles. The molecule has 0 aromatic heterocycles. The van der Waals surface area contributed by atoms with E-state index in [4.69, 9.17) is 0 Å². The molecule has 3 aliphatic rings. The quantitative estimate of drug-likeness (QED) is 0.736. The Morgan fingerprint density at radius 2 is 1.77 bits per heavy atom. The Balaban J connectivity index is 1.66. The number of piperidine rings is 1. The second-order valence-electron chi connectivity index (χ2n) is 8.72. The molecule has 0 spiro atoms. The zero-order chi connectivity index (χ0) is 21.4. The van der Waals surface area contributed by atoms with E-state index in [9.17, 15) is 14.4 Å². The first kappa shape index (κ1) is 20.7. The zero-order valence-corrected chi connectivity index (χ0v) is 18.1. The molecule has 2 fully saturated rings. The summed E-state index contributed by atoms with van der Waals surface area (Å²) in [7, 11) is 5.47. The molecule has 3 heterocycles. The van der Waals surface area contributed by atoms with Crippen molar-refractivity contribution in [3.8, 4) is 0 Å². The number of anilines is 2. The molecule has 30 heavy (non-hydrogen) atoms. The van der Waals surface area contributed by atoms with Gasteiger partial charge in [0.25, 0.3) is 5.91 Å². The van der Waals surface area contributed by atoms with Gasteiger partial charge in [-0.1, -0.05) is 0 Å². The molecule has 4 rings (SSSR count). The van der Waals surface area contributed by atoms with Crippen molar-refractivity contribution < 1.29 is 14.4 Å². The van der Waals surface area contributed by atoms with Gasteiger partial charge in [-0.25, -0.2) is 0 Å². The molecular weight excluding hydrogens is 382 g/mol. The summed E-state index contributed by atoms with van der Waals surface area (Å²) in [6.45, 7) is 3.89. The van der Waals surface area contributed by atoms with Crippen LogP contribution in [0.25, 0.3) is 0 Å². The lowest BCUT2D eigenvalue weighted by Gasteiger charge is -2.45. The van der Waals surface area contributed by atoms with Gasteiger partial charge in [-0.15, -0.1) is 0 Å². The predicted octanol–water partition coefficient (Wildman–Crippen LogP) is 0.868. The fraction of sp³-hybridized carbons (Fsp3) is 0.591. The molecule has 0 aliphatic carbocycles. The highest BCUT2D eigenvalue weighted by Gasteiger charge is 2.40. The van der Waals surface area contributed by atoms with Crippen LogP contribution in [0.3, 0.4) is 0 Å². The van der Waals surface area contributed by atoms with Crippen molar-refractivity contribution in [1.29, 1.82) is 0 Å². The van der Waals surface area contributed by atoms with Crippen molar-refractivity contribution in [1.82, 2.24) is 14.7 Å². The summed E-state index contributed by atoms with van der Waals surface area (Å²) in [6.07, 6.45) is 2.86. The summed E-state index contributed by atoms with van der Waals surface area (Å²) in [5.41, 5.74) is 2.15. The Morgan fingerprint density at radius 1 is 1.03 bits per heavy atom. The molecule has 0 radical (unpaired) electrons. The van der Waals surface area contributed by atoms with Gasteiger partial charge in [-0.05, 0) is 44.5 Å². The normalized spacial score (nSPS) is 21.9. The van der Waals surface area contributed by atoms with Crippen LogP contribution < -0.4 is 9.80 Å². The molecule has 1 aromatic rings. The number of piperazine rings is 1. The van der Waals surface area contributed by atoms with E-state index in [1.165, 1.54) is 4.90 Å². The Morgan fingerprint density at radius 3 is 2.47 bits per heavy atom. The first-order chi connectivity index (χ1) is 14.4. The predicted molar refractivity (Wildman–Crippen MR) is 116 cm³/mol. The number of nitrogens with zero attached hydrogens (tertiary/aromatic N) is 5. The maximum Gasteiger partial charge on any atom is 0.253 e. The summed E-state index contributed by atoms with van der Waals surface area (Å²) < 4.78 is 0. The van der Waals surface area contributed by atoms with Crippen molar-refractivity contribution >= 4 is 29.1 Å². The second kappa shape index (κ2) is 8.26. The van der Waals surface area contributed by atoms with Gasteiger partial charge in [0.2, 0.25) is 11.8 Å². The number of benzene rings is 1. The summed E-state index contributed by atoms with van der Waals surface area (Å²) in [4.78, 5) is 48.3. The lowest BCUT2D eigenvalue weighted by Crippen LogP contribution is -2.58. The molecule has 1 unspecified atom stereocenters. The van der Waals surface area contributed by atoms with Crippen molar-refractivity contribution in [3.05, 3.63) is 23.8 Å². The van der Waals surface area contributed by atoms with Gasteiger partial charge in [-0.3, -0.25) is 19.3 Å². The Labute approximate surface area is 178 Å². The van der Waals surface area contributed by atoms with Crippen molar-refractivity contribution in [2.45, 2.75) is 25.3 Å². The minimum absolute atomic E-state index is 0.0273. The van der Waals surface area contributed by atoms with E-state index in [2.05, 4.69) is 9.80 Å². The average molecular weight is 414 g/mol. The van der Waals surface area contributed by atoms with Crippen molar-refractivity contribution in [2.24, 2.45) is 0 Å². The van der Waals surface area contributed by atoms with Crippen LogP contribution in [0.5, 0.6) is 0 Å². The summed E-state index contributed by atoms with van der Waals surface area (Å²) >= 11 is 0. The second-order valence-corrected chi connectivity index (χ2v) is 8.72. The molecule has 0 bridgehead atoms. The van der Waals surface area contributed by atoms with E-state index in [-0.39, 0.29) is 30.3 Å². The number of amides is 3. The third-order valence-electron chi connectivity index (χ3n) is 6.43.